The number of likely N-dealkylation sites (N-methyl/N-ethyl adjacent to an activating group) is 1. The van der Waals surface area contributed by atoms with E-state index in [1.165, 1.54) is 12.8 Å². The molecular formula is C16H23N3O. The molecule has 0 aromatic heterocycles. The Hall–Kier alpha value is -1.41. The monoisotopic (exact) mass is 273 g/mol. The van der Waals surface area contributed by atoms with Gasteiger partial charge in [-0.15, -0.1) is 0 Å². The summed E-state index contributed by atoms with van der Waals surface area (Å²) in [5, 5.41) is 22.1. The number of aliphatic hydroxyl groups excluding tert-OH is 1. The predicted octanol–water partition coefficient (Wildman–Crippen LogP) is 1.67. The number of nitrogens with zero attached hydrogens (tertiary/aromatic N) is 2. The van der Waals surface area contributed by atoms with Crippen LogP contribution >= 0.6 is 0 Å². The highest BCUT2D eigenvalue weighted by atomic mass is 16.3. The van der Waals surface area contributed by atoms with Gasteiger partial charge in [0, 0.05) is 25.7 Å². The van der Waals surface area contributed by atoms with Crippen LogP contribution in [-0.4, -0.2) is 42.2 Å². The van der Waals surface area contributed by atoms with Crippen molar-refractivity contribution in [1.82, 2.24) is 10.2 Å². The van der Waals surface area contributed by atoms with Gasteiger partial charge in [-0.3, -0.25) is 4.90 Å². The number of hydrogen-bond donors (Lipinski definition) is 2. The number of hydrogen-bond acceptors (Lipinski definition) is 4. The van der Waals surface area contributed by atoms with Crippen molar-refractivity contribution in [3.8, 4) is 6.07 Å². The first-order valence-electron chi connectivity index (χ1n) is 7.37. The van der Waals surface area contributed by atoms with Crippen molar-refractivity contribution in [1.29, 1.82) is 5.26 Å². The van der Waals surface area contributed by atoms with E-state index in [1.54, 1.807) is 12.1 Å². The first-order chi connectivity index (χ1) is 9.74. The third kappa shape index (κ3) is 4.31. The van der Waals surface area contributed by atoms with E-state index in [1.807, 2.05) is 12.1 Å². The predicted molar refractivity (Wildman–Crippen MR) is 79.3 cm³/mol. The number of benzene rings is 1. The number of nitriles is 1. The van der Waals surface area contributed by atoms with Crippen LogP contribution in [-0.2, 0) is 0 Å². The Labute approximate surface area is 121 Å². The number of rotatable bonds is 8. The molecule has 108 valence electrons. The van der Waals surface area contributed by atoms with E-state index >= 15 is 0 Å². The lowest BCUT2D eigenvalue weighted by Gasteiger charge is -2.20. The molecule has 0 saturated heterocycles. The normalized spacial score (nSPS) is 16.1. The van der Waals surface area contributed by atoms with Gasteiger partial charge in [0.15, 0.2) is 0 Å². The average molecular weight is 273 g/mol. The topological polar surface area (TPSA) is 59.3 Å². The molecule has 0 aliphatic heterocycles. The van der Waals surface area contributed by atoms with Crippen LogP contribution in [0, 0.1) is 11.3 Å². The molecule has 1 aliphatic rings. The smallest absolute Gasteiger partial charge is 0.0991 e. The highest BCUT2D eigenvalue weighted by Crippen LogP contribution is 2.25. The molecule has 1 saturated carbocycles. The van der Waals surface area contributed by atoms with Gasteiger partial charge in [-0.05, 0) is 37.1 Å². The molecule has 4 nitrogen and oxygen atoms in total. The highest BCUT2D eigenvalue weighted by Gasteiger charge is 2.27. The molecule has 4 heteroatoms. The summed E-state index contributed by atoms with van der Waals surface area (Å²) in [5.41, 5.74) is 1.47. The van der Waals surface area contributed by atoms with Crippen molar-refractivity contribution in [2.75, 3.05) is 26.2 Å². The lowest BCUT2D eigenvalue weighted by Crippen LogP contribution is -2.35. The zero-order valence-corrected chi connectivity index (χ0v) is 12.0. The lowest BCUT2D eigenvalue weighted by molar-refractivity contribution is 0.172. The SMILES string of the molecule is CCN(CCNCC(O)c1ccc(C#N)cc1)C1CC1. The second-order valence-corrected chi connectivity index (χ2v) is 5.31. The minimum atomic E-state index is -0.515. The quantitative estimate of drug-likeness (QED) is 0.707. The fraction of sp³-hybridized carbons (Fsp3) is 0.562. The number of aliphatic hydroxyl groups is 1. The van der Waals surface area contributed by atoms with E-state index in [4.69, 9.17) is 5.26 Å². The first-order valence-corrected chi connectivity index (χ1v) is 7.37. The van der Waals surface area contributed by atoms with Crippen LogP contribution in [0.4, 0.5) is 0 Å². The van der Waals surface area contributed by atoms with Crippen LogP contribution in [0.2, 0.25) is 0 Å². The molecule has 0 heterocycles. The molecule has 0 amide bonds. The van der Waals surface area contributed by atoms with Crippen molar-refractivity contribution in [2.45, 2.75) is 31.9 Å². The second kappa shape index (κ2) is 7.39. The summed E-state index contributed by atoms with van der Waals surface area (Å²) in [4.78, 5) is 2.49. The molecule has 1 aromatic rings. The molecule has 20 heavy (non-hydrogen) atoms. The van der Waals surface area contributed by atoms with Crippen LogP contribution < -0.4 is 5.32 Å². The fourth-order valence-corrected chi connectivity index (χ4v) is 2.40. The molecule has 1 unspecified atom stereocenters. The zero-order valence-electron chi connectivity index (χ0n) is 12.0. The van der Waals surface area contributed by atoms with Crippen LogP contribution in [0.15, 0.2) is 24.3 Å². The van der Waals surface area contributed by atoms with Gasteiger partial charge in [0.05, 0.1) is 17.7 Å². The third-order valence-corrected chi connectivity index (χ3v) is 3.81. The summed E-state index contributed by atoms with van der Waals surface area (Å²) in [6, 6.07) is 9.98. The molecule has 1 atom stereocenters. The summed E-state index contributed by atoms with van der Waals surface area (Å²) in [5.74, 6) is 0. The van der Waals surface area contributed by atoms with Crippen LogP contribution in [0.1, 0.15) is 37.0 Å². The Kier molecular flexibility index (Phi) is 5.54. The van der Waals surface area contributed by atoms with Crippen LogP contribution in [0.3, 0.4) is 0 Å². The standard InChI is InChI=1S/C16H23N3O/c1-2-19(15-7-8-15)10-9-18-12-16(20)14-5-3-13(11-17)4-6-14/h3-6,15-16,18,20H,2,7-10,12H2,1H3. The van der Waals surface area contributed by atoms with Crippen molar-refractivity contribution < 1.29 is 5.11 Å². The van der Waals surface area contributed by atoms with Crippen LogP contribution in [0.5, 0.6) is 0 Å². The Bertz CT molecular complexity index is 448. The van der Waals surface area contributed by atoms with E-state index in [9.17, 15) is 5.11 Å². The van der Waals surface area contributed by atoms with Crippen molar-refractivity contribution >= 4 is 0 Å². The van der Waals surface area contributed by atoms with Crippen molar-refractivity contribution in [2.24, 2.45) is 0 Å². The zero-order chi connectivity index (χ0) is 14.4. The fourth-order valence-electron chi connectivity index (χ4n) is 2.40. The lowest BCUT2D eigenvalue weighted by atomic mass is 10.1. The molecule has 0 bridgehead atoms. The van der Waals surface area contributed by atoms with E-state index in [0.717, 1.165) is 31.2 Å². The molecular weight excluding hydrogens is 250 g/mol. The Morgan fingerprint density at radius 3 is 2.65 bits per heavy atom. The third-order valence-electron chi connectivity index (χ3n) is 3.81. The molecule has 0 radical (unpaired) electrons. The molecule has 1 fully saturated rings. The maximum Gasteiger partial charge on any atom is 0.0991 e. The Morgan fingerprint density at radius 1 is 1.40 bits per heavy atom. The second-order valence-electron chi connectivity index (χ2n) is 5.31. The van der Waals surface area contributed by atoms with Gasteiger partial charge in [0.1, 0.15) is 0 Å². The maximum absolute atomic E-state index is 10.1. The summed E-state index contributed by atoms with van der Waals surface area (Å²) in [7, 11) is 0. The molecule has 0 spiro atoms. The largest absolute Gasteiger partial charge is 0.387 e. The van der Waals surface area contributed by atoms with Gasteiger partial charge in [0.2, 0.25) is 0 Å². The minimum absolute atomic E-state index is 0.515. The van der Waals surface area contributed by atoms with Crippen LogP contribution in [0.25, 0.3) is 0 Å². The molecule has 1 aliphatic carbocycles. The van der Waals surface area contributed by atoms with E-state index < -0.39 is 6.10 Å². The Balaban J connectivity index is 1.68. The summed E-state index contributed by atoms with van der Waals surface area (Å²) < 4.78 is 0. The van der Waals surface area contributed by atoms with E-state index in [-0.39, 0.29) is 0 Å². The van der Waals surface area contributed by atoms with Gasteiger partial charge in [-0.2, -0.15) is 5.26 Å². The maximum atomic E-state index is 10.1. The Morgan fingerprint density at radius 2 is 2.10 bits per heavy atom. The van der Waals surface area contributed by atoms with Gasteiger partial charge < -0.3 is 10.4 Å². The summed E-state index contributed by atoms with van der Waals surface area (Å²) in [6.45, 7) is 5.79. The minimum Gasteiger partial charge on any atom is -0.387 e. The van der Waals surface area contributed by atoms with Crippen molar-refractivity contribution in [3.63, 3.8) is 0 Å². The van der Waals surface area contributed by atoms with E-state index in [2.05, 4.69) is 23.2 Å². The average Bonchev–Trinajstić information content (AvgIpc) is 3.32. The van der Waals surface area contributed by atoms with Gasteiger partial charge in [0.25, 0.3) is 0 Å². The number of nitrogens with one attached hydrogen (secondary N) is 1. The highest BCUT2D eigenvalue weighted by molar-refractivity contribution is 5.32. The molecule has 2 N–H and O–H groups in total. The summed E-state index contributed by atoms with van der Waals surface area (Å²) in [6.07, 6.45) is 2.16. The molecule has 2 rings (SSSR count). The van der Waals surface area contributed by atoms with Gasteiger partial charge >= 0.3 is 0 Å². The van der Waals surface area contributed by atoms with Gasteiger partial charge in [-0.25, -0.2) is 0 Å². The van der Waals surface area contributed by atoms with Gasteiger partial charge in [-0.1, -0.05) is 19.1 Å². The molecule has 1 aromatic carbocycles. The first kappa shape index (κ1) is 15.0. The van der Waals surface area contributed by atoms with E-state index in [0.29, 0.717) is 12.1 Å². The van der Waals surface area contributed by atoms with Crippen molar-refractivity contribution in [3.05, 3.63) is 35.4 Å². The summed E-state index contributed by atoms with van der Waals surface area (Å²) >= 11 is 0.